The van der Waals surface area contributed by atoms with Crippen molar-refractivity contribution in [2.45, 2.75) is 76.2 Å². The summed E-state index contributed by atoms with van der Waals surface area (Å²) in [5.74, 6) is -1.93. The van der Waals surface area contributed by atoms with Crippen LogP contribution in [-0.2, 0) is 14.2 Å². The van der Waals surface area contributed by atoms with Crippen molar-refractivity contribution in [1.29, 1.82) is 0 Å². The molecule has 8 atom stereocenters. The molecule has 7 nitrogen and oxygen atoms in total. The van der Waals surface area contributed by atoms with Crippen LogP contribution in [0.4, 0.5) is 0 Å². The molecule has 2 aromatic carbocycles. The molecule has 36 heavy (non-hydrogen) atoms. The summed E-state index contributed by atoms with van der Waals surface area (Å²) in [5, 5.41) is 23.4. The molecule has 1 spiro atoms. The zero-order chi connectivity index (χ0) is 25.9. The molecule has 3 aliphatic rings. The summed E-state index contributed by atoms with van der Waals surface area (Å²) in [7, 11) is 0. The Morgan fingerprint density at radius 1 is 0.861 bits per heavy atom. The molecule has 5 rings (SSSR count). The first kappa shape index (κ1) is 24.9. The third kappa shape index (κ3) is 3.44. The number of aliphatic hydroxyl groups is 2. The number of hydrogen-bond acceptors (Lipinski definition) is 7. The van der Waals surface area contributed by atoms with Crippen LogP contribution in [0.15, 0.2) is 60.7 Å². The Balaban J connectivity index is 1.60. The Labute approximate surface area is 211 Å². The summed E-state index contributed by atoms with van der Waals surface area (Å²) in [6.45, 7) is 7.50. The fourth-order valence-corrected chi connectivity index (χ4v) is 7.18. The molecule has 1 aliphatic heterocycles. The third-order valence-electron chi connectivity index (χ3n) is 8.89. The van der Waals surface area contributed by atoms with Crippen LogP contribution < -0.4 is 0 Å². The highest BCUT2D eigenvalue weighted by Gasteiger charge is 2.80. The van der Waals surface area contributed by atoms with Gasteiger partial charge in [-0.25, -0.2) is 9.59 Å². The minimum Gasteiger partial charge on any atom is -0.458 e. The normalized spacial score (nSPS) is 38.6. The highest BCUT2D eigenvalue weighted by Crippen LogP contribution is 2.66. The Hall–Kier alpha value is -2.74. The van der Waals surface area contributed by atoms with Crippen molar-refractivity contribution in [2.24, 2.45) is 17.3 Å². The van der Waals surface area contributed by atoms with E-state index in [0.717, 1.165) is 0 Å². The van der Waals surface area contributed by atoms with Crippen molar-refractivity contribution >= 4 is 11.9 Å². The molecule has 2 N–H and O–H groups in total. The average molecular weight is 495 g/mol. The lowest BCUT2D eigenvalue weighted by Gasteiger charge is -2.62. The first-order valence-corrected chi connectivity index (χ1v) is 12.6. The van der Waals surface area contributed by atoms with Crippen molar-refractivity contribution in [3.8, 4) is 0 Å². The molecule has 0 unspecified atom stereocenters. The van der Waals surface area contributed by atoms with Gasteiger partial charge in [-0.2, -0.15) is 0 Å². The number of esters is 2. The molecule has 2 bridgehead atoms. The van der Waals surface area contributed by atoms with Crippen LogP contribution in [-0.4, -0.2) is 57.8 Å². The maximum absolute atomic E-state index is 13.2. The molecule has 3 fully saturated rings. The summed E-state index contributed by atoms with van der Waals surface area (Å²) in [4.78, 5) is 26.4. The van der Waals surface area contributed by atoms with Gasteiger partial charge in [-0.1, -0.05) is 43.3 Å². The standard InChI is InChI=1S/C29H34O7/c1-17-15-16-20(34-25(32)18-11-7-5-8-12-18)28(4)24(35-26(33)19-13-9-6-10-14-19)22(30)21-23(31)29(17,28)36-27(21,2)3/h5-14,17,20-24,30-31H,15-16H2,1-4H3/t17-,20+,21-,22+,23-,24-,28+,29-/m1/s1. The van der Waals surface area contributed by atoms with E-state index in [-0.39, 0.29) is 5.92 Å². The van der Waals surface area contributed by atoms with Crippen LogP contribution in [0.3, 0.4) is 0 Å². The maximum atomic E-state index is 13.2. The van der Waals surface area contributed by atoms with E-state index >= 15 is 0 Å². The van der Waals surface area contributed by atoms with Gasteiger partial charge in [0.25, 0.3) is 0 Å². The lowest BCUT2D eigenvalue weighted by molar-refractivity contribution is -0.292. The molecule has 1 saturated heterocycles. The van der Waals surface area contributed by atoms with E-state index in [1.54, 1.807) is 54.6 Å². The number of aliphatic hydroxyl groups excluding tert-OH is 2. The van der Waals surface area contributed by atoms with Crippen molar-refractivity contribution in [3.05, 3.63) is 71.8 Å². The van der Waals surface area contributed by atoms with Gasteiger partial charge in [0, 0.05) is 5.92 Å². The number of carbonyl (C=O) groups excluding carboxylic acids is 2. The van der Waals surface area contributed by atoms with Gasteiger partial charge < -0.3 is 24.4 Å². The van der Waals surface area contributed by atoms with Gasteiger partial charge in [0.1, 0.15) is 17.8 Å². The number of carbonyl (C=O) groups is 2. The second-order valence-corrected chi connectivity index (χ2v) is 11.2. The molecule has 1 heterocycles. The predicted molar refractivity (Wildman–Crippen MR) is 131 cm³/mol. The van der Waals surface area contributed by atoms with E-state index in [9.17, 15) is 19.8 Å². The van der Waals surface area contributed by atoms with E-state index < -0.39 is 58.9 Å². The van der Waals surface area contributed by atoms with Crippen molar-refractivity contribution in [1.82, 2.24) is 0 Å². The lowest BCUT2D eigenvalue weighted by Crippen LogP contribution is -2.76. The molecule has 2 aromatic rings. The first-order valence-electron chi connectivity index (χ1n) is 12.6. The summed E-state index contributed by atoms with van der Waals surface area (Å²) in [5.41, 5.74) is -2.56. The van der Waals surface area contributed by atoms with Gasteiger partial charge in [0.15, 0.2) is 0 Å². The predicted octanol–water partition coefficient (Wildman–Crippen LogP) is 3.77. The number of rotatable bonds is 4. The summed E-state index contributed by atoms with van der Waals surface area (Å²) >= 11 is 0. The molecule has 0 aromatic heterocycles. The second-order valence-electron chi connectivity index (χ2n) is 11.2. The summed E-state index contributed by atoms with van der Waals surface area (Å²) in [6, 6.07) is 17.3. The smallest absolute Gasteiger partial charge is 0.338 e. The third-order valence-corrected chi connectivity index (χ3v) is 8.89. The number of ether oxygens (including phenoxy) is 3. The average Bonchev–Trinajstić information content (AvgIpc) is 3.06. The zero-order valence-corrected chi connectivity index (χ0v) is 21.1. The second kappa shape index (κ2) is 8.68. The minimum atomic E-state index is -1.23. The lowest BCUT2D eigenvalue weighted by atomic mass is 9.48. The molecule has 2 aliphatic carbocycles. The van der Waals surface area contributed by atoms with Gasteiger partial charge in [-0.3, -0.25) is 0 Å². The quantitative estimate of drug-likeness (QED) is 0.624. The van der Waals surface area contributed by atoms with Crippen LogP contribution in [0, 0.1) is 17.3 Å². The molecule has 2 saturated carbocycles. The molecular weight excluding hydrogens is 460 g/mol. The van der Waals surface area contributed by atoms with E-state index in [1.807, 2.05) is 33.8 Å². The Morgan fingerprint density at radius 2 is 1.39 bits per heavy atom. The molecule has 0 amide bonds. The van der Waals surface area contributed by atoms with Gasteiger partial charge in [0.05, 0.1) is 34.4 Å². The van der Waals surface area contributed by atoms with E-state index in [4.69, 9.17) is 14.2 Å². The van der Waals surface area contributed by atoms with Crippen molar-refractivity contribution < 1.29 is 34.0 Å². The monoisotopic (exact) mass is 494 g/mol. The largest absolute Gasteiger partial charge is 0.458 e. The van der Waals surface area contributed by atoms with Crippen LogP contribution >= 0.6 is 0 Å². The zero-order valence-electron chi connectivity index (χ0n) is 21.1. The van der Waals surface area contributed by atoms with Crippen LogP contribution in [0.2, 0.25) is 0 Å². The van der Waals surface area contributed by atoms with Gasteiger partial charge in [-0.05, 0) is 63.8 Å². The van der Waals surface area contributed by atoms with E-state index in [2.05, 4.69) is 0 Å². The van der Waals surface area contributed by atoms with Crippen molar-refractivity contribution in [3.63, 3.8) is 0 Å². The van der Waals surface area contributed by atoms with Gasteiger partial charge >= 0.3 is 11.9 Å². The van der Waals surface area contributed by atoms with E-state index in [1.165, 1.54) is 0 Å². The summed E-state index contributed by atoms with van der Waals surface area (Å²) < 4.78 is 18.9. The molecule has 7 heteroatoms. The van der Waals surface area contributed by atoms with Gasteiger partial charge in [0.2, 0.25) is 0 Å². The highest BCUT2D eigenvalue weighted by atomic mass is 16.6. The topological polar surface area (TPSA) is 102 Å². The number of benzene rings is 2. The fraction of sp³-hybridized carbons (Fsp3) is 0.517. The summed E-state index contributed by atoms with van der Waals surface area (Å²) in [6.07, 6.45) is -2.99. The van der Waals surface area contributed by atoms with E-state index in [0.29, 0.717) is 24.0 Å². The maximum Gasteiger partial charge on any atom is 0.338 e. The highest BCUT2D eigenvalue weighted by molar-refractivity contribution is 5.90. The number of fused-ring (bicyclic) bond motifs is 1. The first-order chi connectivity index (χ1) is 17.0. The SMILES string of the molecule is C[C@@H]1CC[C@H](OC(=O)c2ccccc2)[C@@]2(C)[C@H](OC(=O)c3ccccc3)[C@@H](O)[C@@H]3[C@@H](O)[C@]12OC3(C)C. The minimum absolute atomic E-state index is 0.140. The van der Waals surface area contributed by atoms with Crippen LogP contribution in [0.25, 0.3) is 0 Å². The molecular formula is C29H34O7. The Morgan fingerprint density at radius 3 is 1.94 bits per heavy atom. The Kier molecular flexibility index (Phi) is 6.01. The molecule has 0 radical (unpaired) electrons. The Bertz CT molecular complexity index is 1130. The van der Waals surface area contributed by atoms with Gasteiger partial charge in [-0.15, -0.1) is 0 Å². The van der Waals surface area contributed by atoms with Crippen LogP contribution in [0.5, 0.6) is 0 Å². The molecule has 192 valence electrons. The fourth-order valence-electron chi connectivity index (χ4n) is 7.18. The van der Waals surface area contributed by atoms with Crippen molar-refractivity contribution in [2.75, 3.05) is 0 Å². The number of hydrogen-bond donors (Lipinski definition) is 2. The van der Waals surface area contributed by atoms with Crippen LogP contribution in [0.1, 0.15) is 61.3 Å².